The van der Waals surface area contributed by atoms with Crippen molar-refractivity contribution < 1.29 is 15.0 Å². The molecular formula is C15H20O3. The van der Waals surface area contributed by atoms with Gasteiger partial charge in [-0.05, 0) is 43.2 Å². The van der Waals surface area contributed by atoms with Crippen LogP contribution >= 0.6 is 0 Å². The fraction of sp³-hybridized carbons (Fsp3) is 0.533. The Morgan fingerprint density at radius 1 is 1.44 bits per heavy atom. The Balaban J connectivity index is 2.46. The van der Waals surface area contributed by atoms with Gasteiger partial charge in [-0.15, -0.1) is 0 Å². The molecule has 2 rings (SSSR count). The second-order valence-electron chi connectivity index (χ2n) is 5.16. The minimum absolute atomic E-state index is 0.315. The monoisotopic (exact) mass is 248 g/mol. The quantitative estimate of drug-likeness (QED) is 0.860. The van der Waals surface area contributed by atoms with Crippen LogP contribution in [0.1, 0.15) is 43.7 Å². The Morgan fingerprint density at radius 3 is 2.83 bits per heavy atom. The van der Waals surface area contributed by atoms with Gasteiger partial charge in [0.2, 0.25) is 0 Å². The highest BCUT2D eigenvalue weighted by Crippen LogP contribution is 2.41. The molecule has 0 heterocycles. The van der Waals surface area contributed by atoms with Gasteiger partial charge in [-0.2, -0.15) is 0 Å². The number of carbonyl (C=O) groups is 1. The highest BCUT2D eigenvalue weighted by Gasteiger charge is 2.44. The number of fused-ring (bicyclic) bond motifs is 1. The van der Waals surface area contributed by atoms with E-state index in [9.17, 15) is 15.0 Å². The molecule has 0 amide bonds. The van der Waals surface area contributed by atoms with Gasteiger partial charge in [0.1, 0.15) is 0 Å². The number of hydrogen-bond acceptors (Lipinski definition) is 2. The van der Waals surface area contributed by atoms with E-state index in [2.05, 4.69) is 0 Å². The van der Waals surface area contributed by atoms with Gasteiger partial charge < -0.3 is 10.2 Å². The van der Waals surface area contributed by atoms with E-state index in [1.807, 2.05) is 31.2 Å². The van der Waals surface area contributed by atoms with E-state index in [1.165, 1.54) is 0 Å². The van der Waals surface area contributed by atoms with Gasteiger partial charge in [-0.3, -0.25) is 4.79 Å². The highest BCUT2D eigenvalue weighted by molar-refractivity contribution is 5.82. The van der Waals surface area contributed by atoms with Gasteiger partial charge >= 0.3 is 5.97 Å². The highest BCUT2D eigenvalue weighted by atomic mass is 16.4. The first kappa shape index (κ1) is 13.1. The summed E-state index contributed by atoms with van der Waals surface area (Å²) in [6.45, 7) is 1.88. The zero-order valence-electron chi connectivity index (χ0n) is 10.7. The Kier molecular flexibility index (Phi) is 3.71. The molecule has 0 saturated heterocycles. The molecule has 3 nitrogen and oxygen atoms in total. The molecule has 2 atom stereocenters. The number of aliphatic hydroxyl groups excluding tert-OH is 1. The first-order chi connectivity index (χ1) is 8.60. The van der Waals surface area contributed by atoms with Crippen LogP contribution in [0, 0.1) is 0 Å². The second-order valence-corrected chi connectivity index (χ2v) is 5.16. The third-order valence-electron chi connectivity index (χ3n) is 4.05. The molecule has 3 heteroatoms. The van der Waals surface area contributed by atoms with Gasteiger partial charge in [-0.25, -0.2) is 0 Å². The fourth-order valence-electron chi connectivity index (χ4n) is 2.99. The fourth-order valence-corrected chi connectivity index (χ4v) is 2.99. The molecular weight excluding hydrogens is 228 g/mol. The van der Waals surface area contributed by atoms with Crippen molar-refractivity contribution in [3.05, 3.63) is 35.4 Å². The number of rotatable bonds is 4. The van der Waals surface area contributed by atoms with E-state index in [-0.39, 0.29) is 0 Å². The standard InChI is InChI=1S/C15H20O3/c1-2-12(16)10-15(14(17)18)9-5-7-11-6-3-4-8-13(11)15/h3-4,6,8,12,16H,2,5,7,9-10H2,1H3,(H,17,18). The molecule has 2 N–H and O–H groups in total. The second kappa shape index (κ2) is 5.11. The minimum Gasteiger partial charge on any atom is -0.481 e. The van der Waals surface area contributed by atoms with E-state index >= 15 is 0 Å². The van der Waals surface area contributed by atoms with Crippen molar-refractivity contribution in [1.82, 2.24) is 0 Å². The van der Waals surface area contributed by atoms with E-state index in [4.69, 9.17) is 0 Å². The first-order valence-electron chi connectivity index (χ1n) is 6.60. The molecule has 0 bridgehead atoms. The van der Waals surface area contributed by atoms with Crippen LogP contribution in [-0.2, 0) is 16.6 Å². The van der Waals surface area contributed by atoms with Crippen molar-refractivity contribution in [2.24, 2.45) is 0 Å². The van der Waals surface area contributed by atoms with E-state index in [1.54, 1.807) is 0 Å². The van der Waals surface area contributed by atoms with Crippen LogP contribution in [0.5, 0.6) is 0 Å². The number of benzene rings is 1. The molecule has 98 valence electrons. The van der Waals surface area contributed by atoms with Crippen molar-refractivity contribution in [2.75, 3.05) is 0 Å². The largest absolute Gasteiger partial charge is 0.481 e. The van der Waals surface area contributed by atoms with Crippen molar-refractivity contribution in [3.63, 3.8) is 0 Å². The number of aliphatic carboxylic acids is 1. The molecule has 1 aliphatic carbocycles. The van der Waals surface area contributed by atoms with Gasteiger partial charge in [0.05, 0.1) is 11.5 Å². The average molecular weight is 248 g/mol. The van der Waals surface area contributed by atoms with Crippen molar-refractivity contribution in [3.8, 4) is 0 Å². The van der Waals surface area contributed by atoms with Gasteiger partial charge in [0, 0.05) is 0 Å². The third-order valence-corrected chi connectivity index (χ3v) is 4.05. The number of aliphatic hydroxyl groups is 1. The molecule has 0 saturated carbocycles. The zero-order valence-corrected chi connectivity index (χ0v) is 10.7. The summed E-state index contributed by atoms with van der Waals surface area (Å²) in [7, 11) is 0. The SMILES string of the molecule is CCC(O)CC1(C(=O)O)CCCc2ccccc21. The molecule has 18 heavy (non-hydrogen) atoms. The number of hydrogen-bond donors (Lipinski definition) is 2. The van der Waals surface area contributed by atoms with Crippen LogP contribution in [0.4, 0.5) is 0 Å². The summed E-state index contributed by atoms with van der Waals surface area (Å²) in [5, 5.41) is 19.6. The Labute approximate surface area is 107 Å². The molecule has 2 unspecified atom stereocenters. The summed E-state index contributed by atoms with van der Waals surface area (Å²) in [6, 6.07) is 7.75. The maximum absolute atomic E-state index is 11.8. The van der Waals surface area contributed by atoms with Crippen molar-refractivity contribution in [2.45, 2.75) is 50.5 Å². The van der Waals surface area contributed by atoms with Crippen LogP contribution in [0.15, 0.2) is 24.3 Å². The lowest BCUT2D eigenvalue weighted by Gasteiger charge is -2.36. The lowest BCUT2D eigenvalue weighted by molar-refractivity contribution is -0.146. The van der Waals surface area contributed by atoms with Gasteiger partial charge in [-0.1, -0.05) is 31.2 Å². The lowest BCUT2D eigenvalue weighted by Crippen LogP contribution is -2.42. The minimum atomic E-state index is -0.899. The predicted octanol–water partition coefficient (Wildman–Crippen LogP) is 2.51. The van der Waals surface area contributed by atoms with Crippen LogP contribution < -0.4 is 0 Å². The topological polar surface area (TPSA) is 57.5 Å². The Bertz CT molecular complexity index is 441. The summed E-state index contributed by atoms with van der Waals surface area (Å²) in [4.78, 5) is 11.8. The number of carboxylic acid groups (broad SMARTS) is 1. The van der Waals surface area contributed by atoms with Gasteiger partial charge in [0.15, 0.2) is 0 Å². The molecule has 0 aromatic heterocycles. The molecule has 0 spiro atoms. The summed E-state index contributed by atoms with van der Waals surface area (Å²) >= 11 is 0. The lowest BCUT2D eigenvalue weighted by atomic mass is 9.67. The number of carboxylic acids is 1. The Hall–Kier alpha value is -1.35. The predicted molar refractivity (Wildman–Crippen MR) is 69.6 cm³/mol. The summed E-state index contributed by atoms with van der Waals surface area (Å²) in [5.41, 5.74) is 1.12. The van der Waals surface area contributed by atoms with Crippen LogP contribution in [0.25, 0.3) is 0 Å². The summed E-state index contributed by atoms with van der Waals surface area (Å²) in [6.07, 6.45) is 2.80. The van der Waals surface area contributed by atoms with Crippen LogP contribution in [0.3, 0.4) is 0 Å². The Morgan fingerprint density at radius 2 is 2.17 bits per heavy atom. The molecule has 0 fully saturated rings. The maximum Gasteiger partial charge on any atom is 0.314 e. The zero-order chi connectivity index (χ0) is 13.2. The first-order valence-corrected chi connectivity index (χ1v) is 6.60. The van der Waals surface area contributed by atoms with E-state index < -0.39 is 17.5 Å². The summed E-state index contributed by atoms with van der Waals surface area (Å²) < 4.78 is 0. The molecule has 1 aromatic carbocycles. The molecule has 1 aliphatic rings. The molecule has 1 aromatic rings. The van der Waals surface area contributed by atoms with Crippen molar-refractivity contribution in [1.29, 1.82) is 0 Å². The number of aryl methyl sites for hydroxylation is 1. The summed E-state index contributed by atoms with van der Waals surface area (Å²) in [5.74, 6) is -0.804. The average Bonchev–Trinajstić information content (AvgIpc) is 2.38. The van der Waals surface area contributed by atoms with E-state index in [0.717, 1.165) is 24.0 Å². The maximum atomic E-state index is 11.8. The molecule has 0 radical (unpaired) electrons. The van der Waals surface area contributed by atoms with Crippen molar-refractivity contribution >= 4 is 5.97 Å². The van der Waals surface area contributed by atoms with Crippen LogP contribution in [0.2, 0.25) is 0 Å². The van der Waals surface area contributed by atoms with Crippen LogP contribution in [-0.4, -0.2) is 22.3 Å². The molecule has 0 aliphatic heterocycles. The van der Waals surface area contributed by atoms with E-state index in [0.29, 0.717) is 19.3 Å². The smallest absolute Gasteiger partial charge is 0.314 e. The third kappa shape index (κ3) is 2.15. The van der Waals surface area contributed by atoms with Gasteiger partial charge in [0.25, 0.3) is 0 Å². The normalized spacial score (nSPS) is 24.3.